The Morgan fingerprint density at radius 2 is 1.86 bits per heavy atom. The maximum atomic E-state index is 11.5. The van der Waals surface area contributed by atoms with E-state index in [1.165, 1.54) is 18.9 Å². The zero-order chi connectivity index (χ0) is 19.9. The third kappa shape index (κ3) is 4.83. The van der Waals surface area contributed by atoms with Gasteiger partial charge in [-0.25, -0.2) is 0 Å². The van der Waals surface area contributed by atoms with Crippen LogP contribution in [0.15, 0.2) is 53.7 Å². The Hall–Kier alpha value is -3.00. The van der Waals surface area contributed by atoms with Crippen LogP contribution in [0.5, 0.6) is 11.5 Å². The molecule has 0 bridgehead atoms. The number of benzene rings is 2. The van der Waals surface area contributed by atoms with Crippen molar-refractivity contribution in [2.45, 2.75) is 18.7 Å². The summed E-state index contributed by atoms with van der Waals surface area (Å²) in [5.41, 5.74) is 1.96. The molecule has 28 heavy (non-hydrogen) atoms. The molecule has 146 valence electrons. The SMILES string of the molecule is COC(=O)CSc1nnc(COc2cccc(C)c2)n1-c1ccc(OC)cc1. The molecule has 0 saturated carbocycles. The lowest BCUT2D eigenvalue weighted by Crippen LogP contribution is -2.08. The average molecular weight is 399 g/mol. The maximum absolute atomic E-state index is 11.5. The summed E-state index contributed by atoms with van der Waals surface area (Å²) in [5, 5.41) is 9.07. The third-order valence-electron chi connectivity index (χ3n) is 3.94. The van der Waals surface area contributed by atoms with Gasteiger partial charge in [0, 0.05) is 5.69 Å². The molecular formula is C20H21N3O4S. The van der Waals surface area contributed by atoms with Gasteiger partial charge in [-0.2, -0.15) is 0 Å². The summed E-state index contributed by atoms with van der Waals surface area (Å²) in [6.07, 6.45) is 0. The number of ether oxygens (including phenoxy) is 3. The Balaban J connectivity index is 1.87. The molecule has 0 aliphatic rings. The van der Waals surface area contributed by atoms with Gasteiger partial charge in [0.25, 0.3) is 0 Å². The van der Waals surface area contributed by atoms with Crippen molar-refractivity contribution in [3.05, 3.63) is 59.9 Å². The van der Waals surface area contributed by atoms with E-state index in [1.807, 2.05) is 60.0 Å². The molecule has 3 aromatic rings. The quantitative estimate of drug-likeness (QED) is 0.424. The minimum Gasteiger partial charge on any atom is -0.497 e. The van der Waals surface area contributed by atoms with Crippen molar-refractivity contribution in [1.82, 2.24) is 14.8 Å². The summed E-state index contributed by atoms with van der Waals surface area (Å²) in [4.78, 5) is 11.5. The summed E-state index contributed by atoms with van der Waals surface area (Å²) in [5.74, 6) is 1.95. The summed E-state index contributed by atoms with van der Waals surface area (Å²) >= 11 is 1.26. The van der Waals surface area contributed by atoms with Gasteiger partial charge >= 0.3 is 5.97 Å². The largest absolute Gasteiger partial charge is 0.497 e. The fourth-order valence-corrected chi connectivity index (χ4v) is 3.32. The number of aryl methyl sites for hydroxylation is 1. The Labute approximate surface area is 167 Å². The van der Waals surface area contributed by atoms with Crippen LogP contribution in [-0.4, -0.2) is 40.7 Å². The van der Waals surface area contributed by atoms with E-state index in [0.29, 0.717) is 11.0 Å². The van der Waals surface area contributed by atoms with Crippen LogP contribution in [0.1, 0.15) is 11.4 Å². The molecule has 0 amide bonds. The molecule has 0 radical (unpaired) electrons. The highest BCUT2D eigenvalue weighted by molar-refractivity contribution is 7.99. The van der Waals surface area contributed by atoms with Gasteiger partial charge in [0.1, 0.15) is 18.1 Å². The van der Waals surface area contributed by atoms with E-state index in [2.05, 4.69) is 10.2 Å². The second-order valence-electron chi connectivity index (χ2n) is 5.90. The predicted molar refractivity (Wildman–Crippen MR) is 106 cm³/mol. The number of carbonyl (C=O) groups is 1. The first-order chi connectivity index (χ1) is 13.6. The van der Waals surface area contributed by atoms with Crippen LogP contribution in [-0.2, 0) is 16.1 Å². The van der Waals surface area contributed by atoms with Crippen LogP contribution in [0.3, 0.4) is 0 Å². The minimum absolute atomic E-state index is 0.142. The van der Waals surface area contributed by atoms with Gasteiger partial charge in [0.15, 0.2) is 11.0 Å². The summed E-state index contributed by atoms with van der Waals surface area (Å²) < 4.78 is 17.7. The molecule has 3 rings (SSSR count). The van der Waals surface area contributed by atoms with Crippen molar-refractivity contribution < 1.29 is 19.0 Å². The minimum atomic E-state index is -0.327. The first-order valence-electron chi connectivity index (χ1n) is 8.58. The molecule has 8 heteroatoms. The molecule has 0 unspecified atom stereocenters. The van der Waals surface area contributed by atoms with Crippen molar-refractivity contribution >= 4 is 17.7 Å². The Kier molecular flexibility index (Phi) is 6.54. The van der Waals surface area contributed by atoms with Gasteiger partial charge < -0.3 is 14.2 Å². The van der Waals surface area contributed by atoms with Crippen molar-refractivity contribution in [2.24, 2.45) is 0 Å². The number of hydrogen-bond acceptors (Lipinski definition) is 7. The number of hydrogen-bond donors (Lipinski definition) is 0. The highest BCUT2D eigenvalue weighted by atomic mass is 32.2. The van der Waals surface area contributed by atoms with Crippen molar-refractivity contribution in [3.63, 3.8) is 0 Å². The topological polar surface area (TPSA) is 75.5 Å². The molecule has 0 fully saturated rings. The molecule has 2 aromatic carbocycles. The average Bonchev–Trinajstić information content (AvgIpc) is 3.13. The molecular weight excluding hydrogens is 378 g/mol. The van der Waals surface area contributed by atoms with Gasteiger partial charge in [0.05, 0.1) is 20.0 Å². The Morgan fingerprint density at radius 3 is 2.54 bits per heavy atom. The van der Waals surface area contributed by atoms with Crippen LogP contribution in [0, 0.1) is 6.92 Å². The molecule has 0 saturated heterocycles. The zero-order valence-corrected chi connectivity index (χ0v) is 16.7. The van der Waals surface area contributed by atoms with Gasteiger partial charge in [-0.3, -0.25) is 9.36 Å². The number of rotatable bonds is 8. The normalized spacial score (nSPS) is 10.5. The molecule has 7 nitrogen and oxygen atoms in total. The molecule has 0 aliphatic carbocycles. The van der Waals surface area contributed by atoms with Gasteiger partial charge in [-0.1, -0.05) is 23.9 Å². The first-order valence-corrected chi connectivity index (χ1v) is 9.57. The number of methoxy groups -OCH3 is 2. The molecule has 1 heterocycles. The zero-order valence-electron chi connectivity index (χ0n) is 15.9. The number of carbonyl (C=O) groups excluding carboxylic acids is 1. The fraction of sp³-hybridized carbons (Fsp3) is 0.250. The third-order valence-corrected chi connectivity index (χ3v) is 4.84. The van der Waals surface area contributed by atoms with Crippen molar-refractivity contribution in [3.8, 4) is 17.2 Å². The van der Waals surface area contributed by atoms with Crippen molar-refractivity contribution in [1.29, 1.82) is 0 Å². The number of aromatic nitrogens is 3. The maximum Gasteiger partial charge on any atom is 0.316 e. The number of esters is 1. The van der Waals surface area contributed by atoms with Gasteiger partial charge in [-0.15, -0.1) is 10.2 Å². The monoisotopic (exact) mass is 399 g/mol. The summed E-state index contributed by atoms with van der Waals surface area (Å²) in [7, 11) is 2.98. The van der Waals surface area contributed by atoms with E-state index >= 15 is 0 Å². The lowest BCUT2D eigenvalue weighted by molar-refractivity contribution is -0.137. The molecule has 0 spiro atoms. The van der Waals surface area contributed by atoms with Crippen LogP contribution >= 0.6 is 11.8 Å². The lowest BCUT2D eigenvalue weighted by Gasteiger charge is -2.12. The highest BCUT2D eigenvalue weighted by Gasteiger charge is 2.17. The van der Waals surface area contributed by atoms with E-state index in [0.717, 1.165) is 22.7 Å². The first kappa shape index (κ1) is 19.8. The lowest BCUT2D eigenvalue weighted by atomic mass is 10.2. The summed E-state index contributed by atoms with van der Waals surface area (Å²) in [6, 6.07) is 15.3. The second-order valence-corrected chi connectivity index (χ2v) is 6.84. The van der Waals surface area contributed by atoms with Gasteiger partial charge in [-0.05, 0) is 48.9 Å². The smallest absolute Gasteiger partial charge is 0.316 e. The molecule has 0 atom stereocenters. The molecule has 0 N–H and O–H groups in total. The van der Waals surface area contributed by atoms with E-state index in [-0.39, 0.29) is 18.3 Å². The fourth-order valence-electron chi connectivity index (χ4n) is 2.51. The highest BCUT2D eigenvalue weighted by Crippen LogP contribution is 2.25. The standard InChI is InChI=1S/C20H21N3O4S/c1-14-5-4-6-17(11-14)27-12-18-21-22-20(28-13-19(24)26-3)23(18)15-7-9-16(25-2)10-8-15/h4-11H,12-13H2,1-3H3. The van der Waals surface area contributed by atoms with Crippen LogP contribution in [0.2, 0.25) is 0 Å². The van der Waals surface area contributed by atoms with Crippen LogP contribution in [0.25, 0.3) is 5.69 Å². The van der Waals surface area contributed by atoms with Crippen LogP contribution < -0.4 is 9.47 Å². The molecule has 0 aliphatic heterocycles. The molecule has 1 aromatic heterocycles. The van der Waals surface area contributed by atoms with Crippen LogP contribution in [0.4, 0.5) is 0 Å². The van der Waals surface area contributed by atoms with Crippen molar-refractivity contribution in [2.75, 3.05) is 20.0 Å². The Bertz CT molecular complexity index is 941. The summed E-state index contributed by atoms with van der Waals surface area (Å²) in [6.45, 7) is 2.25. The predicted octanol–water partition coefficient (Wildman–Crippen LogP) is 3.43. The van der Waals surface area contributed by atoms with E-state index in [1.54, 1.807) is 7.11 Å². The van der Waals surface area contributed by atoms with E-state index in [4.69, 9.17) is 14.2 Å². The van der Waals surface area contributed by atoms with Gasteiger partial charge in [0.2, 0.25) is 0 Å². The number of thioether (sulfide) groups is 1. The number of nitrogens with zero attached hydrogens (tertiary/aromatic N) is 3. The van der Waals surface area contributed by atoms with E-state index < -0.39 is 0 Å². The van der Waals surface area contributed by atoms with E-state index in [9.17, 15) is 4.79 Å². The Morgan fingerprint density at radius 1 is 1.07 bits per heavy atom. The second kappa shape index (κ2) is 9.27.